The molecule has 0 saturated carbocycles. The summed E-state index contributed by atoms with van der Waals surface area (Å²) in [5.74, 6) is 0. The van der Waals surface area contributed by atoms with Crippen LogP contribution in [0.3, 0.4) is 0 Å². The molecular formula is C28H26B2N4S. The third kappa shape index (κ3) is 2.88. The lowest BCUT2D eigenvalue weighted by Gasteiger charge is -2.24. The van der Waals surface area contributed by atoms with Crippen LogP contribution in [0.15, 0.2) is 84.9 Å². The monoisotopic (exact) mass is 472 g/mol. The van der Waals surface area contributed by atoms with E-state index in [1.807, 2.05) is 11.3 Å². The normalized spacial score (nSPS) is 15.1. The minimum absolute atomic E-state index is 0.191. The molecule has 3 heterocycles. The molecule has 0 unspecified atom stereocenters. The quantitative estimate of drug-likeness (QED) is 0.348. The summed E-state index contributed by atoms with van der Waals surface area (Å²) in [6.07, 6.45) is 0. The van der Waals surface area contributed by atoms with Gasteiger partial charge in [-0.2, -0.15) is 0 Å². The van der Waals surface area contributed by atoms with Gasteiger partial charge < -0.3 is 19.2 Å². The van der Waals surface area contributed by atoms with Gasteiger partial charge in [0, 0.05) is 32.1 Å². The fourth-order valence-corrected chi connectivity index (χ4v) is 7.26. The lowest BCUT2D eigenvalue weighted by molar-refractivity contribution is 1.31. The van der Waals surface area contributed by atoms with E-state index in [-0.39, 0.29) is 14.0 Å². The Morgan fingerprint density at radius 1 is 0.486 bits per heavy atom. The molecule has 5 aromatic rings. The highest BCUT2D eigenvalue weighted by Gasteiger charge is 2.39. The minimum atomic E-state index is 0.191. The van der Waals surface area contributed by atoms with Crippen LogP contribution >= 0.6 is 11.3 Å². The van der Waals surface area contributed by atoms with Gasteiger partial charge >= 0.3 is 14.0 Å². The summed E-state index contributed by atoms with van der Waals surface area (Å²) in [5.41, 5.74) is 7.78. The van der Waals surface area contributed by atoms with Crippen LogP contribution in [-0.4, -0.2) is 42.2 Å². The molecule has 4 aromatic carbocycles. The summed E-state index contributed by atoms with van der Waals surface area (Å²) in [4.78, 5) is 9.54. The molecule has 2 aliphatic heterocycles. The van der Waals surface area contributed by atoms with Crippen molar-refractivity contribution in [2.75, 3.05) is 47.4 Å². The lowest BCUT2D eigenvalue weighted by atomic mass is 9.65. The topological polar surface area (TPSA) is 13.0 Å². The van der Waals surface area contributed by atoms with E-state index >= 15 is 0 Å². The summed E-state index contributed by atoms with van der Waals surface area (Å²) >= 11 is 1.89. The highest BCUT2D eigenvalue weighted by molar-refractivity contribution is 7.25. The van der Waals surface area contributed by atoms with E-state index in [0.29, 0.717) is 0 Å². The number of para-hydroxylation sites is 4. The lowest BCUT2D eigenvalue weighted by Crippen LogP contribution is -2.53. The number of rotatable bonds is 2. The van der Waals surface area contributed by atoms with Gasteiger partial charge in [0.05, 0.1) is 0 Å². The van der Waals surface area contributed by atoms with E-state index in [4.69, 9.17) is 0 Å². The molecule has 0 N–H and O–H groups in total. The first kappa shape index (κ1) is 20.8. The van der Waals surface area contributed by atoms with Crippen LogP contribution in [0.4, 0.5) is 22.7 Å². The number of anilines is 4. The van der Waals surface area contributed by atoms with Gasteiger partial charge in [0.1, 0.15) is 0 Å². The van der Waals surface area contributed by atoms with Crippen molar-refractivity contribution >= 4 is 79.1 Å². The van der Waals surface area contributed by atoms with E-state index in [2.05, 4.69) is 132 Å². The maximum atomic E-state index is 2.42. The zero-order valence-electron chi connectivity index (χ0n) is 20.4. The van der Waals surface area contributed by atoms with Crippen LogP contribution in [-0.2, 0) is 0 Å². The summed E-state index contributed by atoms with van der Waals surface area (Å²) in [7, 11) is 8.80. The predicted molar refractivity (Wildman–Crippen MR) is 157 cm³/mol. The zero-order chi connectivity index (χ0) is 23.8. The van der Waals surface area contributed by atoms with Gasteiger partial charge in [-0.05, 0) is 86.3 Å². The SMILES string of the molecule is CN1B(c2ccc3sc4ccc(B5N(C)c6ccccc6N5C)cc4c3c2)N(C)c2ccccc21. The van der Waals surface area contributed by atoms with Crippen molar-refractivity contribution < 1.29 is 0 Å². The summed E-state index contributed by atoms with van der Waals surface area (Å²) in [5, 5.41) is 2.70. The second kappa shape index (κ2) is 7.46. The van der Waals surface area contributed by atoms with Crippen LogP contribution < -0.4 is 30.2 Å². The Kier molecular flexibility index (Phi) is 4.43. The van der Waals surface area contributed by atoms with Crippen LogP contribution in [0.1, 0.15) is 0 Å². The Labute approximate surface area is 211 Å². The zero-order valence-corrected chi connectivity index (χ0v) is 21.3. The van der Waals surface area contributed by atoms with Crippen molar-refractivity contribution in [2.45, 2.75) is 0 Å². The van der Waals surface area contributed by atoms with E-state index in [0.717, 1.165) is 0 Å². The van der Waals surface area contributed by atoms with Crippen LogP contribution in [0.2, 0.25) is 0 Å². The smallest absolute Gasteiger partial charge is 0.393 e. The number of hydrogen-bond acceptors (Lipinski definition) is 5. The van der Waals surface area contributed by atoms with Crippen molar-refractivity contribution in [1.29, 1.82) is 0 Å². The molecular weight excluding hydrogens is 446 g/mol. The second-order valence-corrected chi connectivity index (χ2v) is 10.9. The van der Waals surface area contributed by atoms with E-state index in [1.165, 1.54) is 53.8 Å². The fraction of sp³-hybridized carbons (Fsp3) is 0.143. The Morgan fingerprint density at radius 2 is 0.829 bits per heavy atom. The fourth-order valence-electron chi connectivity index (χ4n) is 6.20. The van der Waals surface area contributed by atoms with E-state index in [9.17, 15) is 0 Å². The van der Waals surface area contributed by atoms with Crippen LogP contribution in [0.25, 0.3) is 20.2 Å². The molecule has 0 spiro atoms. The van der Waals surface area contributed by atoms with Gasteiger partial charge in [0.15, 0.2) is 0 Å². The first-order valence-electron chi connectivity index (χ1n) is 12.1. The highest BCUT2D eigenvalue weighted by Crippen LogP contribution is 2.38. The molecule has 0 fully saturated rings. The van der Waals surface area contributed by atoms with Crippen molar-refractivity contribution in [2.24, 2.45) is 0 Å². The Balaban J connectivity index is 1.33. The number of thiophene rings is 1. The molecule has 1 aromatic heterocycles. The van der Waals surface area contributed by atoms with Gasteiger partial charge in [-0.15, -0.1) is 11.3 Å². The molecule has 0 bridgehead atoms. The van der Waals surface area contributed by atoms with Gasteiger partial charge in [-0.1, -0.05) is 48.5 Å². The first-order chi connectivity index (χ1) is 17.0. The molecule has 0 saturated heterocycles. The molecule has 2 aliphatic rings. The van der Waals surface area contributed by atoms with Crippen molar-refractivity contribution in [1.82, 2.24) is 0 Å². The third-order valence-corrected chi connectivity index (χ3v) is 9.02. The first-order valence-corrected chi connectivity index (χ1v) is 12.9. The maximum absolute atomic E-state index is 2.42. The summed E-state index contributed by atoms with van der Waals surface area (Å²) in [6.45, 7) is 0.382. The Hall–Kier alpha value is -3.57. The summed E-state index contributed by atoms with van der Waals surface area (Å²) in [6, 6.07) is 31.4. The van der Waals surface area contributed by atoms with Crippen molar-refractivity contribution in [3.8, 4) is 0 Å². The van der Waals surface area contributed by atoms with Gasteiger partial charge in [0.25, 0.3) is 0 Å². The Bertz CT molecular complexity index is 1440. The second-order valence-electron chi connectivity index (χ2n) is 9.78. The molecule has 170 valence electrons. The molecule has 7 rings (SSSR count). The number of nitrogens with zero attached hydrogens (tertiary/aromatic N) is 4. The molecule has 0 aliphatic carbocycles. The molecule has 0 atom stereocenters. The minimum Gasteiger partial charge on any atom is -0.393 e. The standard InChI is InChI=1S/C28H26B2N4S/c1-31-23-9-5-6-10-24(23)32(2)29(31)19-13-15-27-21(17-19)22-18-20(14-16-28(22)35-27)30-33(3)25-11-7-8-12-26(25)34(30)4/h5-18H,1-4H3. The molecule has 4 nitrogen and oxygen atoms in total. The number of hydrogen-bond donors (Lipinski definition) is 0. The summed E-state index contributed by atoms with van der Waals surface area (Å²) < 4.78 is 2.69. The van der Waals surface area contributed by atoms with Crippen LogP contribution in [0.5, 0.6) is 0 Å². The Morgan fingerprint density at radius 3 is 1.17 bits per heavy atom. The van der Waals surface area contributed by atoms with E-state index < -0.39 is 0 Å². The van der Waals surface area contributed by atoms with E-state index in [1.54, 1.807) is 0 Å². The molecule has 35 heavy (non-hydrogen) atoms. The van der Waals surface area contributed by atoms with Crippen molar-refractivity contribution in [3.05, 3.63) is 84.9 Å². The average molecular weight is 472 g/mol. The van der Waals surface area contributed by atoms with Crippen LogP contribution in [0, 0.1) is 0 Å². The van der Waals surface area contributed by atoms with Gasteiger partial charge in [0.2, 0.25) is 0 Å². The van der Waals surface area contributed by atoms with Gasteiger partial charge in [-0.25, -0.2) is 0 Å². The van der Waals surface area contributed by atoms with Crippen molar-refractivity contribution in [3.63, 3.8) is 0 Å². The predicted octanol–water partition coefficient (Wildman–Crippen LogP) is 4.62. The molecule has 7 heteroatoms. The third-order valence-electron chi connectivity index (χ3n) is 7.86. The number of fused-ring (bicyclic) bond motifs is 5. The average Bonchev–Trinajstić information content (AvgIpc) is 3.46. The number of benzene rings is 4. The van der Waals surface area contributed by atoms with Gasteiger partial charge in [-0.3, -0.25) is 0 Å². The largest absolute Gasteiger partial charge is 0.411 e. The maximum Gasteiger partial charge on any atom is 0.411 e. The highest BCUT2D eigenvalue weighted by atomic mass is 32.1. The molecule has 0 amide bonds. The molecule has 0 radical (unpaired) electrons.